The van der Waals surface area contributed by atoms with E-state index in [1.165, 1.54) is 12.0 Å². The van der Waals surface area contributed by atoms with Crippen molar-refractivity contribution in [3.05, 3.63) is 16.0 Å². The number of nitrogens with zero attached hydrogens (tertiary/aromatic N) is 3. The summed E-state index contributed by atoms with van der Waals surface area (Å²) in [5, 5.41) is 4.26. The summed E-state index contributed by atoms with van der Waals surface area (Å²) in [5.74, 6) is -0.435. The zero-order valence-corrected chi connectivity index (χ0v) is 15.2. The molecule has 7 nitrogen and oxygen atoms in total. The van der Waals surface area contributed by atoms with Crippen molar-refractivity contribution in [2.45, 2.75) is 44.9 Å². The summed E-state index contributed by atoms with van der Waals surface area (Å²) in [6.45, 7) is 5.75. The predicted octanol–water partition coefficient (Wildman–Crippen LogP) is 2.21. The van der Waals surface area contributed by atoms with Crippen molar-refractivity contribution in [1.29, 1.82) is 0 Å². The van der Waals surface area contributed by atoms with Crippen LogP contribution in [0.5, 0.6) is 0 Å². The van der Waals surface area contributed by atoms with Crippen LogP contribution in [0.4, 0.5) is 4.79 Å². The minimum absolute atomic E-state index is 0.0693. The van der Waals surface area contributed by atoms with Gasteiger partial charge in [0.15, 0.2) is 0 Å². The molecule has 122 valence electrons. The van der Waals surface area contributed by atoms with Crippen LogP contribution >= 0.6 is 22.6 Å². The molecule has 1 unspecified atom stereocenters. The second kappa shape index (κ2) is 6.43. The van der Waals surface area contributed by atoms with Gasteiger partial charge in [-0.2, -0.15) is 5.10 Å². The average molecular weight is 421 g/mol. The van der Waals surface area contributed by atoms with Crippen molar-refractivity contribution in [3.8, 4) is 0 Å². The highest BCUT2D eigenvalue weighted by Crippen LogP contribution is 2.29. The maximum Gasteiger partial charge on any atom is 0.411 e. The summed E-state index contributed by atoms with van der Waals surface area (Å²) in [7, 11) is 1.32. The molecule has 1 saturated heterocycles. The van der Waals surface area contributed by atoms with Gasteiger partial charge < -0.3 is 9.47 Å². The molecular weight excluding hydrogens is 401 g/mol. The Bertz CT molecular complexity index is 567. The van der Waals surface area contributed by atoms with E-state index in [0.717, 1.165) is 3.57 Å². The maximum atomic E-state index is 12.3. The standard InChI is InChI=1S/C14H20IN3O4/c1-14(2,3)22-13(20)17-8-10(5-11(17)12(19)21-4)18-7-9(15)6-16-18/h6-7,10-11H,5,8H2,1-4H3/t10?,11-/m0/s1. The quantitative estimate of drug-likeness (QED) is 0.541. The van der Waals surface area contributed by atoms with Crippen LogP contribution in [0.25, 0.3) is 0 Å². The van der Waals surface area contributed by atoms with Crippen LogP contribution in [0.3, 0.4) is 0 Å². The van der Waals surface area contributed by atoms with Crippen molar-refractivity contribution in [2.75, 3.05) is 13.7 Å². The van der Waals surface area contributed by atoms with Gasteiger partial charge in [-0.05, 0) is 43.4 Å². The Morgan fingerprint density at radius 1 is 1.41 bits per heavy atom. The molecule has 22 heavy (non-hydrogen) atoms. The van der Waals surface area contributed by atoms with Crippen LogP contribution in [0.15, 0.2) is 12.4 Å². The van der Waals surface area contributed by atoms with E-state index in [4.69, 9.17) is 9.47 Å². The summed E-state index contributed by atoms with van der Waals surface area (Å²) in [5.41, 5.74) is -0.614. The SMILES string of the molecule is COC(=O)[C@@H]1CC(n2cc(I)cn2)CN1C(=O)OC(C)(C)C. The molecule has 0 spiro atoms. The first-order valence-electron chi connectivity index (χ1n) is 6.98. The van der Waals surface area contributed by atoms with E-state index < -0.39 is 23.7 Å². The zero-order chi connectivity index (χ0) is 16.5. The van der Waals surface area contributed by atoms with Gasteiger partial charge in [0.25, 0.3) is 0 Å². The molecular formula is C14H20IN3O4. The highest BCUT2D eigenvalue weighted by molar-refractivity contribution is 14.1. The number of aromatic nitrogens is 2. The van der Waals surface area contributed by atoms with E-state index in [9.17, 15) is 9.59 Å². The summed E-state index contributed by atoms with van der Waals surface area (Å²) in [4.78, 5) is 25.7. The monoisotopic (exact) mass is 421 g/mol. The van der Waals surface area contributed by atoms with Crippen molar-refractivity contribution < 1.29 is 19.1 Å². The molecule has 2 heterocycles. The van der Waals surface area contributed by atoms with Gasteiger partial charge >= 0.3 is 12.1 Å². The first kappa shape index (κ1) is 17.0. The van der Waals surface area contributed by atoms with E-state index >= 15 is 0 Å². The number of hydrogen-bond donors (Lipinski definition) is 0. The number of rotatable bonds is 2. The van der Waals surface area contributed by atoms with Crippen molar-refractivity contribution in [2.24, 2.45) is 0 Å². The van der Waals surface area contributed by atoms with Crippen LogP contribution in [0, 0.1) is 3.57 Å². The second-order valence-corrected chi connectivity index (χ2v) is 7.45. The van der Waals surface area contributed by atoms with E-state index in [0.29, 0.717) is 13.0 Å². The number of methoxy groups -OCH3 is 1. The lowest BCUT2D eigenvalue weighted by Gasteiger charge is -2.27. The Morgan fingerprint density at radius 2 is 2.09 bits per heavy atom. The Labute approximate surface area is 143 Å². The van der Waals surface area contributed by atoms with Gasteiger partial charge in [0.2, 0.25) is 0 Å². The molecule has 0 aliphatic carbocycles. The third kappa shape index (κ3) is 3.90. The van der Waals surface area contributed by atoms with Crippen molar-refractivity contribution in [3.63, 3.8) is 0 Å². The fraction of sp³-hybridized carbons (Fsp3) is 0.643. The molecule has 1 aliphatic heterocycles. The number of carbonyl (C=O) groups excluding carboxylic acids is 2. The Balaban J connectivity index is 2.18. The predicted molar refractivity (Wildman–Crippen MR) is 87.3 cm³/mol. The summed E-state index contributed by atoms with van der Waals surface area (Å²) >= 11 is 2.17. The van der Waals surface area contributed by atoms with Gasteiger partial charge in [0.1, 0.15) is 11.6 Å². The van der Waals surface area contributed by atoms with Gasteiger partial charge in [-0.25, -0.2) is 9.59 Å². The molecule has 2 rings (SSSR count). The highest BCUT2D eigenvalue weighted by Gasteiger charge is 2.43. The molecule has 2 atom stereocenters. The number of esters is 1. The Hall–Kier alpha value is -1.32. The fourth-order valence-electron chi connectivity index (χ4n) is 2.40. The van der Waals surface area contributed by atoms with Gasteiger partial charge in [-0.15, -0.1) is 0 Å². The van der Waals surface area contributed by atoms with Gasteiger partial charge in [-0.3, -0.25) is 9.58 Å². The molecule has 0 radical (unpaired) electrons. The topological polar surface area (TPSA) is 73.7 Å². The molecule has 0 bridgehead atoms. The van der Waals surface area contributed by atoms with Crippen LogP contribution in [0.1, 0.15) is 33.2 Å². The summed E-state index contributed by atoms with van der Waals surface area (Å²) in [6.07, 6.45) is 3.58. The lowest BCUT2D eigenvalue weighted by Crippen LogP contribution is -2.43. The van der Waals surface area contributed by atoms with Crippen LogP contribution < -0.4 is 0 Å². The normalized spacial score (nSPS) is 21.8. The first-order valence-corrected chi connectivity index (χ1v) is 8.06. The summed E-state index contributed by atoms with van der Waals surface area (Å²) < 4.78 is 13.0. The molecule has 1 fully saturated rings. The van der Waals surface area contributed by atoms with E-state index in [1.54, 1.807) is 31.6 Å². The van der Waals surface area contributed by atoms with Crippen LogP contribution in [-0.4, -0.2) is 52.0 Å². The third-order valence-electron chi connectivity index (χ3n) is 3.32. The smallest absolute Gasteiger partial charge is 0.411 e. The first-order chi connectivity index (χ1) is 10.2. The average Bonchev–Trinajstić information content (AvgIpc) is 3.01. The van der Waals surface area contributed by atoms with Crippen molar-refractivity contribution in [1.82, 2.24) is 14.7 Å². The van der Waals surface area contributed by atoms with E-state index in [1.807, 2.05) is 6.20 Å². The van der Waals surface area contributed by atoms with E-state index in [-0.39, 0.29) is 6.04 Å². The number of carbonyl (C=O) groups is 2. The number of ether oxygens (including phenoxy) is 2. The number of amides is 1. The molecule has 1 aromatic rings. The Kier molecular flexibility index (Phi) is 4.98. The molecule has 0 N–H and O–H groups in total. The lowest BCUT2D eigenvalue weighted by atomic mass is 10.2. The van der Waals surface area contributed by atoms with Crippen molar-refractivity contribution >= 4 is 34.7 Å². The number of likely N-dealkylation sites (tertiary alicyclic amines) is 1. The number of hydrogen-bond acceptors (Lipinski definition) is 5. The molecule has 0 aromatic carbocycles. The van der Waals surface area contributed by atoms with E-state index in [2.05, 4.69) is 27.7 Å². The summed E-state index contributed by atoms with van der Waals surface area (Å²) in [6, 6.07) is -0.716. The lowest BCUT2D eigenvalue weighted by molar-refractivity contribution is -0.145. The molecule has 0 saturated carbocycles. The largest absolute Gasteiger partial charge is 0.467 e. The van der Waals surface area contributed by atoms with Gasteiger partial charge in [0.05, 0.1) is 22.9 Å². The van der Waals surface area contributed by atoms with Gasteiger partial charge in [-0.1, -0.05) is 0 Å². The van der Waals surface area contributed by atoms with Crippen LogP contribution in [-0.2, 0) is 14.3 Å². The fourth-order valence-corrected chi connectivity index (χ4v) is 2.81. The number of halogens is 1. The third-order valence-corrected chi connectivity index (χ3v) is 3.88. The highest BCUT2D eigenvalue weighted by atomic mass is 127. The minimum Gasteiger partial charge on any atom is -0.467 e. The molecule has 8 heteroatoms. The zero-order valence-electron chi connectivity index (χ0n) is 13.1. The second-order valence-electron chi connectivity index (χ2n) is 6.20. The Morgan fingerprint density at radius 3 is 2.59 bits per heavy atom. The molecule has 1 amide bonds. The van der Waals surface area contributed by atoms with Gasteiger partial charge in [0, 0.05) is 19.2 Å². The maximum absolute atomic E-state index is 12.3. The van der Waals surface area contributed by atoms with Crippen LogP contribution in [0.2, 0.25) is 0 Å². The minimum atomic E-state index is -0.647. The molecule has 1 aromatic heterocycles. The molecule has 1 aliphatic rings.